The molecule has 27 heavy (non-hydrogen) atoms. The maximum Gasteiger partial charge on any atom is 0.250 e. The van der Waals surface area contributed by atoms with Gasteiger partial charge in [-0.05, 0) is 35.9 Å². The number of para-hydroxylation sites is 1. The van der Waals surface area contributed by atoms with Gasteiger partial charge in [-0.25, -0.2) is 0 Å². The van der Waals surface area contributed by atoms with Gasteiger partial charge >= 0.3 is 0 Å². The molecule has 0 radical (unpaired) electrons. The molecule has 3 aromatic rings. The van der Waals surface area contributed by atoms with Gasteiger partial charge in [0.05, 0.1) is 6.10 Å². The van der Waals surface area contributed by atoms with Gasteiger partial charge in [-0.15, -0.1) is 0 Å². The number of pyridine rings is 1. The number of aliphatic hydroxyl groups is 1. The minimum Gasteiger partial charge on any atom is -0.390 e. The molecular formula is C22H25N3O2. The summed E-state index contributed by atoms with van der Waals surface area (Å²) in [5, 5.41) is 11.9. The van der Waals surface area contributed by atoms with E-state index in [-0.39, 0.29) is 5.56 Å². The van der Waals surface area contributed by atoms with Crippen LogP contribution in [0.4, 0.5) is 0 Å². The first-order chi connectivity index (χ1) is 13.2. The highest BCUT2D eigenvalue weighted by molar-refractivity contribution is 5.79. The van der Waals surface area contributed by atoms with Crippen LogP contribution in [0, 0.1) is 5.92 Å². The second-order valence-electron chi connectivity index (χ2n) is 8.10. The van der Waals surface area contributed by atoms with E-state index in [1.807, 2.05) is 22.8 Å². The van der Waals surface area contributed by atoms with Crippen molar-refractivity contribution in [3.05, 3.63) is 70.8 Å². The van der Waals surface area contributed by atoms with Crippen LogP contribution in [0.2, 0.25) is 0 Å². The third kappa shape index (κ3) is 3.11. The molecule has 5 rings (SSSR count). The normalized spacial score (nSPS) is 23.3. The topological polar surface area (TPSA) is 50.4 Å². The molecule has 140 valence electrons. The molecule has 5 nitrogen and oxygen atoms in total. The van der Waals surface area contributed by atoms with Gasteiger partial charge in [0.15, 0.2) is 0 Å². The van der Waals surface area contributed by atoms with Crippen LogP contribution in [0.25, 0.3) is 10.9 Å². The summed E-state index contributed by atoms with van der Waals surface area (Å²) >= 11 is 0. The van der Waals surface area contributed by atoms with Crippen LogP contribution in [-0.2, 0) is 13.1 Å². The first-order valence-corrected chi connectivity index (χ1v) is 9.81. The van der Waals surface area contributed by atoms with E-state index in [4.69, 9.17) is 0 Å². The first-order valence-electron chi connectivity index (χ1n) is 9.81. The van der Waals surface area contributed by atoms with Crippen molar-refractivity contribution in [2.45, 2.75) is 31.5 Å². The SMILES string of the molecule is O=c1cccc2n1C[C@@H]1C[C@@H]2CN(C[C@H](O)Cn2ccc3ccccc32)C1. The Balaban J connectivity index is 1.29. The molecule has 0 aliphatic carbocycles. The molecule has 2 aromatic heterocycles. The number of β-amino-alcohol motifs (C(OH)–C–C–N with tert-alkyl or cyclic N) is 1. The van der Waals surface area contributed by atoms with Crippen molar-refractivity contribution in [1.29, 1.82) is 0 Å². The van der Waals surface area contributed by atoms with Gasteiger partial charge in [-0.2, -0.15) is 0 Å². The lowest BCUT2D eigenvalue weighted by atomic mass is 9.83. The second-order valence-corrected chi connectivity index (χ2v) is 8.10. The van der Waals surface area contributed by atoms with Crippen LogP contribution in [0.15, 0.2) is 59.5 Å². The van der Waals surface area contributed by atoms with E-state index in [9.17, 15) is 9.90 Å². The lowest BCUT2D eigenvalue weighted by molar-refractivity contribution is 0.0553. The molecule has 1 fully saturated rings. The Morgan fingerprint density at radius 1 is 1.00 bits per heavy atom. The minimum absolute atomic E-state index is 0.121. The molecule has 2 aliphatic heterocycles. The standard InChI is InChI=1S/C22H25N3O2/c26-19(15-24-9-8-17-4-1-2-5-20(17)24)14-23-11-16-10-18(13-23)21-6-3-7-22(27)25(21)12-16/h1-9,16,18-19,26H,10-15H2/t16-,18-,19+/m1/s1. The zero-order valence-electron chi connectivity index (χ0n) is 15.4. The van der Waals surface area contributed by atoms with Crippen molar-refractivity contribution < 1.29 is 5.11 Å². The summed E-state index contributed by atoms with van der Waals surface area (Å²) in [7, 11) is 0. The molecule has 1 N–H and O–H groups in total. The molecule has 1 aromatic carbocycles. The molecular weight excluding hydrogens is 338 g/mol. The first kappa shape index (κ1) is 16.8. The smallest absolute Gasteiger partial charge is 0.250 e. The van der Waals surface area contributed by atoms with Gasteiger partial charge in [-0.3, -0.25) is 9.69 Å². The molecule has 1 saturated heterocycles. The lowest BCUT2D eigenvalue weighted by Crippen LogP contribution is -2.49. The van der Waals surface area contributed by atoms with Gasteiger partial charge < -0.3 is 14.2 Å². The van der Waals surface area contributed by atoms with Gasteiger partial charge in [0.2, 0.25) is 0 Å². The maximum atomic E-state index is 12.1. The van der Waals surface area contributed by atoms with Gasteiger partial charge in [-0.1, -0.05) is 24.3 Å². The van der Waals surface area contributed by atoms with Crippen molar-refractivity contribution in [3.8, 4) is 0 Å². The summed E-state index contributed by atoms with van der Waals surface area (Å²) in [6.07, 6.45) is 2.80. The number of hydrogen-bond acceptors (Lipinski definition) is 3. The number of fused-ring (bicyclic) bond motifs is 5. The number of nitrogens with zero attached hydrogens (tertiary/aromatic N) is 3. The Kier molecular flexibility index (Phi) is 4.14. The van der Waals surface area contributed by atoms with E-state index < -0.39 is 6.10 Å². The minimum atomic E-state index is -0.405. The maximum absolute atomic E-state index is 12.1. The average molecular weight is 363 g/mol. The van der Waals surface area contributed by atoms with E-state index >= 15 is 0 Å². The Labute approximate surface area is 158 Å². The summed E-state index contributed by atoms with van der Waals surface area (Å²) in [6.45, 7) is 3.97. The van der Waals surface area contributed by atoms with Crippen LogP contribution in [0.3, 0.4) is 0 Å². The predicted octanol–water partition coefficient (Wildman–Crippen LogP) is 2.28. The molecule has 2 bridgehead atoms. The number of piperidine rings is 1. The number of aromatic nitrogens is 2. The zero-order chi connectivity index (χ0) is 18.4. The number of aliphatic hydroxyl groups excluding tert-OH is 1. The Morgan fingerprint density at radius 3 is 2.81 bits per heavy atom. The quantitative estimate of drug-likeness (QED) is 0.774. The van der Waals surface area contributed by atoms with E-state index in [1.165, 1.54) is 10.9 Å². The summed E-state index contributed by atoms with van der Waals surface area (Å²) in [5.74, 6) is 0.891. The lowest BCUT2D eigenvalue weighted by Gasteiger charge is -2.43. The number of rotatable bonds is 4. The summed E-state index contributed by atoms with van der Waals surface area (Å²) < 4.78 is 4.10. The zero-order valence-corrected chi connectivity index (χ0v) is 15.4. The van der Waals surface area contributed by atoms with Gasteiger partial charge in [0.1, 0.15) is 0 Å². The number of hydrogen-bond donors (Lipinski definition) is 1. The van der Waals surface area contributed by atoms with Crippen molar-refractivity contribution in [2.75, 3.05) is 19.6 Å². The van der Waals surface area contributed by atoms with E-state index in [1.54, 1.807) is 6.07 Å². The highest BCUT2D eigenvalue weighted by Crippen LogP contribution is 2.34. The third-order valence-corrected chi connectivity index (χ3v) is 6.11. The third-order valence-electron chi connectivity index (χ3n) is 6.11. The highest BCUT2D eigenvalue weighted by atomic mass is 16.3. The van der Waals surface area contributed by atoms with E-state index in [0.29, 0.717) is 24.9 Å². The van der Waals surface area contributed by atoms with E-state index in [2.05, 4.69) is 39.9 Å². The number of benzene rings is 1. The van der Waals surface area contributed by atoms with E-state index in [0.717, 1.165) is 31.7 Å². The second kappa shape index (κ2) is 6.66. The van der Waals surface area contributed by atoms with Crippen LogP contribution in [0.1, 0.15) is 18.0 Å². The molecule has 0 amide bonds. The molecule has 0 unspecified atom stereocenters. The van der Waals surface area contributed by atoms with Crippen LogP contribution < -0.4 is 5.56 Å². The number of likely N-dealkylation sites (tertiary alicyclic amines) is 1. The van der Waals surface area contributed by atoms with Crippen LogP contribution in [-0.4, -0.2) is 44.9 Å². The fourth-order valence-electron chi connectivity index (χ4n) is 5.03. The summed E-state index contributed by atoms with van der Waals surface area (Å²) in [4.78, 5) is 14.5. The predicted molar refractivity (Wildman–Crippen MR) is 106 cm³/mol. The Hall–Kier alpha value is -2.37. The fourth-order valence-corrected chi connectivity index (χ4v) is 5.03. The van der Waals surface area contributed by atoms with Crippen molar-refractivity contribution in [2.24, 2.45) is 5.92 Å². The molecule has 0 spiro atoms. The molecule has 3 atom stereocenters. The summed E-state index contributed by atoms with van der Waals surface area (Å²) in [5.41, 5.74) is 2.45. The van der Waals surface area contributed by atoms with Crippen molar-refractivity contribution in [1.82, 2.24) is 14.0 Å². The molecule has 2 aliphatic rings. The summed E-state index contributed by atoms with van der Waals surface area (Å²) in [6, 6.07) is 16.0. The monoisotopic (exact) mass is 363 g/mol. The highest BCUT2D eigenvalue weighted by Gasteiger charge is 2.34. The van der Waals surface area contributed by atoms with Crippen LogP contribution >= 0.6 is 0 Å². The fraction of sp³-hybridized carbons (Fsp3) is 0.409. The van der Waals surface area contributed by atoms with Crippen molar-refractivity contribution >= 4 is 10.9 Å². The molecule has 4 heterocycles. The average Bonchev–Trinajstić information content (AvgIpc) is 3.05. The van der Waals surface area contributed by atoms with Gasteiger partial charge in [0.25, 0.3) is 5.56 Å². The molecule has 5 heteroatoms. The largest absolute Gasteiger partial charge is 0.390 e. The molecule has 0 saturated carbocycles. The van der Waals surface area contributed by atoms with Crippen molar-refractivity contribution in [3.63, 3.8) is 0 Å². The van der Waals surface area contributed by atoms with Crippen LogP contribution in [0.5, 0.6) is 0 Å². The Bertz CT molecular complexity index is 1020. The van der Waals surface area contributed by atoms with Gasteiger partial charge in [0, 0.05) is 62.1 Å². The Morgan fingerprint density at radius 2 is 1.89 bits per heavy atom.